The Kier molecular flexibility index (Phi) is 7.54. The first kappa shape index (κ1) is 25.5. The molecule has 4 heterocycles. The Morgan fingerprint density at radius 1 is 1.05 bits per heavy atom. The van der Waals surface area contributed by atoms with Gasteiger partial charge in [0.2, 0.25) is 0 Å². The van der Waals surface area contributed by atoms with Gasteiger partial charge in [0.25, 0.3) is 11.8 Å². The third-order valence-electron chi connectivity index (χ3n) is 6.48. The summed E-state index contributed by atoms with van der Waals surface area (Å²) in [7, 11) is 0. The summed E-state index contributed by atoms with van der Waals surface area (Å²) in [4.78, 5) is 36.5. The van der Waals surface area contributed by atoms with Gasteiger partial charge in [-0.1, -0.05) is 11.3 Å². The van der Waals surface area contributed by atoms with Crippen molar-refractivity contribution in [3.8, 4) is 11.8 Å². The number of hydrogen-bond acceptors (Lipinski definition) is 8. The topological polar surface area (TPSA) is 142 Å². The van der Waals surface area contributed by atoms with E-state index in [0.717, 1.165) is 37.3 Å². The number of hydrogen-bond donors (Lipinski definition) is 2. The normalized spacial score (nSPS) is 13.0. The van der Waals surface area contributed by atoms with Gasteiger partial charge in [0.1, 0.15) is 0 Å². The number of aromatic nitrogens is 5. The molecule has 39 heavy (non-hydrogen) atoms. The maximum atomic E-state index is 13.2. The quantitative estimate of drug-likeness (QED) is 0.377. The molecule has 0 atom stereocenters. The lowest BCUT2D eigenvalue weighted by Crippen LogP contribution is -2.29. The zero-order valence-corrected chi connectivity index (χ0v) is 21.5. The van der Waals surface area contributed by atoms with Gasteiger partial charge in [-0.2, -0.15) is 5.26 Å². The predicted molar refractivity (Wildman–Crippen MR) is 144 cm³/mol. The van der Waals surface area contributed by atoms with Crippen molar-refractivity contribution in [2.75, 3.05) is 23.3 Å². The second-order valence-electron chi connectivity index (χ2n) is 9.26. The second-order valence-corrected chi connectivity index (χ2v) is 9.26. The van der Waals surface area contributed by atoms with Gasteiger partial charge in [0.15, 0.2) is 5.69 Å². The van der Waals surface area contributed by atoms with E-state index >= 15 is 0 Å². The standard InChI is InChI=1S/C28H27N9O2/c1-19-26(37-18-25(34-35-37)28(39)32-16-22-7-3-4-8-30-22)14-23(17-31-19)33-27(38)21-11-20(15-29)12-24(13-21)36-9-5-2-6-10-36/h3-4,7-8,11-14,17-18H,2,5-6,9-10,16H2,1H3,(H,32,39)(H,33,38). The van der Waals surface area contributed by atoms with Gasteiger partial charge in [0.05, 0.1) is 53.3 Å². The molecule has 0 spiro atoms. The van der Waals surface area contributed by atoms with Gasteiger partial charge in [-0.3, -0.25) is 19.6 Å². The molecule has 0 radical (unpaired) electrons. The van der Waals surface area contributed by atoms with Gasteiger partial charge in [0, 0.05) is 30.5 Å². The molecule has 0 bridgehead atoms. The molecule has 2 amide bonds. The fourth-order valence-corrected chi connectivity index (χ4v) is 4.42. The number of carbonyl (C=O) groups is 2. The number of nitrogens with zero attached hydrogens (tertiary/aromatic N) is 7. The maximum Gasteiger partial charge on any atom is 0.273 e. The Balaban J connectivity index is 1.31. The van der Waals surface area contributed by atoms with Gasteiger partial charge < -0.3 is 15.5 Å². The highest BCUT2D eigenvalue weighted by molar-refractivity contribution is 6.05. The molecule has 11 heteroatoms. The number of nitriles is 1. The smallest absolute Gasteiger partial charge is 0.273 e. The summed E-state index contributed by atoms with van der Waals surface area (Å²) in [6.07, 6.45) is 8.08. The van der Waals surface area contributed by atoms with Crippen molar-refractivity contribution >= 4 is 23.2 Å². The Labute approximate surface area is 225 Å². The number of rotatable bonds is 7. The van der Waals surface area contributed by atoms with Crippen LogP contribution in [0.4, 0.5) is 11.4 Å². The molecule has 1 aromatic carbocycles. The minimum atomic E-state index is -0.385. The second kappa shape index (κ2) is 11.5. The van der Waals surface area contributed by atoms with Crippen molar-refractivity contribution in [1.29, 1.82) is 5.26 Å². The van der Waals surface area contributed by atoms with Crippen molar-refractivity contribution in [2.45, 2.75) is 32.7 Å². The molecule has 5 rings (SSSR count). The highest BCUT2D eigenvalue weighted by Gasteiger charge is 2.17. The van der Waals surface area contributed by atoms with Crippen molar-refractivity contribution < 1.29 is 9.59 Å². The molecule has 1 fully saturated rings. The van der Waals surface area contributed by atoms with Crippen LogP contribution in [0.15, 0.2) is 61.1 Å². The lowest BCUT2D eigenvalue weighted by molar-refractivity contribution is 0.0944. The summed E-state index contributed by atoms with van der Waals surface area (Å²) >= 11 is 0. The van der Waals surface area contributed by atoms with Crippen LogP contribution in [-0.4, -0.2) is 49.9 Å². The molecule has 4 aromatic rings. The molecule has 196 valence electrons. The number of amides is 2. The Hall–Kier alpha value is -5.11. The van der Waals surface area contributed by atoms with Gasteiger partial charge in [-0.15, -0.1) is 5.10 Å². The molecule has 1 aliphatic heterocycles. The fourth-order valence-electron chi connectivity index (χ4n) is 4.42. The summed E-state index contributed by atoms with van der Waals surface area (Å²) < 4.78 is 1.44. The van der Waals surface area contributed by atoms with E-state index in [0.29, 0.717) is 28.2 Å². The lowest BCUT2D eigenvalue weighted by Gasteiger charge is -2.29. The minimum Gasteiger partial charge on any atom is -0.371 e. The van der Waals surface area contributed by atoms with E-state index < -0.39 is 0 Å². The van der Waals surface area contributed by atoms with Crippen LogP contribution in [0.1, 0.15) is 57.1 Å². The average molecular weight is 522 g/mol. The molecule has 1 saturated heterocycles. The Morgan fingerprint density at radius 3 is 2.67 bits per heavy atom. The summed E-state index contributed by atoms with van der Waals surface area (Å²) in [5, 5.41) is 23.2. The molecular weight excluding hydrogens is 494 g/mol. The van der Waals surface area contributed by atoms with Crippen molar-refractivity contribution in [2.24, 2.45) is 0 Å². The van der Waals surface area contributed by atoms with E-state index in [1.807, 2.05) is 24.3 Å². The molecule has 0 unspecified atom stereocenters. The zero-order valence-electron chi connectivity index (χ0n) is 21.5. The van der Waals surface area contributed by atoms with Crippen LogP contribution >= 0.6 is 0 Å². The van der Waals surface area contributed by atoms with Gasteiger partial charge in [-0.05, 0) is 62.6 Å². The van der Waals surface area contributed by atoms with E-state index in [9.17, 15) is 14.9 Å². The third-order valence-corrected chi connectivity index (χ3v) is 6.48. The summed E-state index contributed by atoms with van der Waals surface area (Å²) in [6.45, 7) is 3.87. The monoisotopic (exact) mass is 521 g/mol. The predicted octanol–water partition coefficient (Wildman–Crippen LogP) is 3.41. The van der Waals surface area contributed by atoms with Crippen LogP contribution in [0.25, 0.3) is 5.69 Å². The van der Waals surface area contributed by atoms with Crippen LogP contribution < -0.4 is 15.5 Å². The van der Waals surface area contributed by atoms with Crippen LogP contribution in [0, 0.1) is 18.3 Å². The first-order chi connectivity index (χ1) is 19.0. The van der Waals surface area contributed by atoms with Crippen molar-refractivity contribution in [3.63, 3.8) is 0 Å². The highest BCUT2D eigenvalue weighted by Crippen LogP contribution is 2.24. The number of anilines is 2. The van der Waals surface area contributed by atoms with E-state index in [1.165, 1.54) is 17.3 Å². The Morgan fingerprint density at radius 2 is 1.90 bits per heavy atom. The first-order valence-corrected chi connectivity index (χ1v) is 12.7. The Bertz CT molecular complexity index is 1540. The number of piperidine rings is 1. The molecule has 0 saturated carbocycles. The number of aryl methyl sites for hydroxylation is 1. The van der Waals surface area contributed by atoms with Crippen molar-refractivity contribution in [3.05, 3.63) is 89.3 Å². The third kappa shape index (κ3) is 6.07. The molecule has 11 nitrogen and oxygen atoms in total. The minimum absolute atomic E-state index is 0.137. The number of carbonyl (C=O) groups excluding carboxylic acids is 2. The summed E-state index contributed by atoms with van der Waals surface area (Å²) in [6, 6.07) is 14.6. The molecule has 3 aromatic heterocycles. The molecule has 0 aliphatic carbocycles. The SMILES string of the molecule is Cc1ncc(NC(=O)c2cc(C#N)cc(N3CCCCC3)c2)cc1-n1cc(C(=O)NCc2ccccn2)nn1. The maximum absolute atomic E-state index is 13.2. The van der Waals surface area contributed by atoms with Gasteiger partial charge in [-0.25, -0.2) is 4.68 Å². The molecule has 2 N–H and O–H groups in total. The zero-order chi connectivity index (χ0) is 27.2. The highest BCUT2D eigenvalue weighted by atomic mass is 16.2. The van der Waals surface area contributed by atoms with Crippen LogP contribution in [0.5, 0.6) is 0 Å². The van der Waals surface area contributed by atoms with Crippen LogP contribution in [0.3, 0.4) is 0 Å². The van der Waals surface area contributed by atoms with E-state index in [2.05, 4.69) is 41.9 Å². The van der Waals surface area contributed by atoms with Crippen LogP contribution in [-0.2, 0) is 6.54 Å². The largest absolute Gasteiger partial charge is 0.371 e. The van der Waals surface area contributed by atoms with Crippen molar-refractivity contribution in [1.82, 2.24) is 30.3 Å². The van der Waals surface area contributed by atoms with E-state index in [1.54, 1.807) is 37.5 Å². The first-order valence-electron chi connectivity index (χ1n) is 12.7. The fraction of sp³-hybridized carbons (Fsp3) is 0.250. The number of pyridine rings is 2. The molecular formula is C28H27N9O2. The lowest BCUT2D eigenvalue weighted by atomic mass is 10.1. The molecule has 1 aliphatic rings. The van der Waals surface area contributed by atoms with Crippen LogP contribution in [0.2, 0.25) is 0 Å². The number of benzene rings is 1. The number of nitrogens with one attached hydrogen (secondary N) is 2. The van der Waals surface area contributed by atoms with Gasteiger partial charge >= 0.3 is 0 Å². The summed E-state index contributed by atoms with van der Waals surface area (Å²) in [5.74, 6) is -0.737. The average Bonchev–Trinajstić information content (AvgIpc) is 3.48. The summed E-state index contributed by atoms with van der Waals surface area (Å²) in [5.41, 5.74) is 4.20. The van der Waals surface area contributed by atoms with E-state index in [-0.39, 0.29) is 24.1 Å². The van der Waals surface area contributed by atoms with E-state index in [4.69, 9.17) is 0 Å².